The van der Waals surface area contributed by atoms with Crippen molar-refractivity contribution >= 4 is 5.97 Å². The van der Waals surface area contributed by atoms with Crippen LogP contribution in [-0.4, -0.2) is 22.9 Å². The van der Waals surface area contributed by atoms with E-state index in [2.05, 4.69) is 5.10 Å². The monoisotopic (exact) mass is 348 g/mol. The van der Waals surface area contributed by atoms with E-state index in [0.717, 1.165) is 22.9 Å². The Balaban J connectivity index is 2.21. The van der Waals surface area contributed by atoms with Gasteiger partial charge in [-0.25, -0.2) is 18.3 Å². The Labute approximate surface area is 143 Å². The van der Waals surface area contributed by atoms with Crippen LogP contribution in [0, 0.1) is 11.6 Å². The Bertz CT molecular complexity index is 881. The van der Waals surface area contributed by atoms with Crippen molar-refractivity contribution in [3.63, 3.8) is 0 Å². The minimum absolute atomic E-state index is 0.123. The summed E-state index contributed by atoms with van der Waals surface area (Å²) in [6.07, 6.45) is 0.941. The van der Waals surface area contributed by atoms with E-state index in [0.29, 0.717) is 24.1 Å². The molecule has 1 aromatic carbocycles. The van der Waals surface area contributed by atoms with Crippen molar-refractivity contribution < 1.29 is 18.3 Å². The minimum Gasteiger partial charge on any atom is -0.467 e. The van der Waals surface area contributed by atoms with Gasteiger partial charge >= 0.3 is 5.97 Å². The number of esters is 1. The van der Waals surface area contributed by atoms with Crippen LogP contribution in [0.3, 0.4) is 0 Å². The molecule has 0 spiro atoms. The van der Waals surface area contributed by atoms with Crippen molar-refractivity contribution in [2.75, 3.05) is 7.11 Å². The van der Waals surface area contributed by atoms with Gasteiger partial charge in [0.25, 0.3) is 5.56 Å². The highest BCUT2D eigenvalue weighted by Crippen LogP contribution is 2.43. The predicted molar refractivity (Wildman–Crippen MR) is 87.2 cm³/mol. The van der Waals surface area contributed by atoms with Crippen molar-refractivity contribution in [3.8, 4) is 11.1 Å². The summed E-state index contributed by atoms with van der Waals surface area (Å²) in [6.45, 7) is 3.71. The lowest BCUT2D eigenvalue weighted by atomic mass is 9.98. The average Bonchev–Trinajstić information content (AvgIpc) is 3.34. The summed E-state index contributed by atoms with van der Waals surface area (Å²) < 4.78 is 33.1. The Kier molecular flexibility index (Phi) is 4.18. The van der Waals surface area contributed by atoms with Crippen molar-refractivity contribution in [1.29, 1.82) is 0 Å². The zero-order valence-electron chi connectivity index (χ0n) is 14.2. The van der Waals surface area contributed by atoms with E-state index in [1.807, 2.05) is 13.8 Å². The molecule has 1 aliphatic rings. The van der Waals surface area contributed by atoms with Crippen molar-refractivity contribution in [2.24, 2.45) is 0 Å². The van der Waals surface area contributed by atoms with E-state index in [-0.39, 0.29) is 11.5 Å². The largest absolute Gasteiger partial charge is 0.467 e. The molecule has 0 atom stereocenters. The molecule has 0 amide bonds. The fourth-order valence-corrected chi connectivity index (χ4v) is 2.95. The van der Waals surface area contributed by atoms with Crippen LogP contribution in [0.25, 0.3) is 11.1 Å². The number of carbonyl (C=O) groups is 1. The van der Waals surface area contributed by atoms with Crippen LogP contribution < -0.4 is 5.56 Å². The number of hydrogen-bond donors (Lipinski definition) is 0. The summed E-state index contributed by atoms with van der Waals surface area (Å²) in [5.41, 5.74) is -0.496. The standard InChI is InChI=1S/C18H18F2N2O3/c1-10(2)16-14(11-6-12(19)8-13(20)7-11)9-15(23)22(21-16)18(4-5-18)17(24)25-3/h6-10H,4-5H2,1-3H3. The van der Waals surface area contributed by atoms with E-state index in [9.17, 15) is 18.4 Å². The summed E-state index contributed by atoms with van der Waals surface area (Å²) in [6, 6.07) is 4.36. The molecular formula is C18H18F2N2O3. The van der Waals surface area contributed by atoms with Gasteiger partial charge in [-0.05, 0) is 36.5 Å². The highest BCUT2D eigenvalue weighted by Gasteiger charge is 2.55. The summed E-state index contributed by atoms with van der Waals surface area (Å²) in [4.78, 5) is 24.6. The third-order valence-corrected chi connectivity index (χ3v) is 4.38. The van der Waals surface area contributed by atoms with E-state index in [1.165, 1.54) is 13.2 Å². The number of ether oxygens (including phenoxy) is 1. The van der Waals surface area contributed by atoms with Crippen LogP contribution >= 0.6 is 0 Å². The van der Waals surface area contributed by atoms with Crippen LogP contribution in [0.5, 0.6) is 0 Å². The number of nitrogens with zero attached hydrogens (tertiary/aromatic N) is 2. The zero-order valence-corrected chi connectivity index (χ0v) is 14.2. The molecule has 0 unspecified atom stereocenters. The maximum atomic E-state index is 13.6. The number of rotatable bonds is 4. The van der Waals surface area contributed by atoms with E-state index >= 15 is 0 Å². The molecule has 2 aromatic rings. The number of methoxy groups -OCH3 is 1. The first-order valence-electron chi connectivity index (χ1n) is 7.98. The highest BCUT2D eigenvalue weighted by molar-refractivity contribution is 5.81. The van der Waals surface area contributed by atoms with Gasteiger partial charge in [-0.2, -0.15) is 5.10 Å². The number of halogens is 2. The number of aromatic nitrogens is 2. The first-order chi connectivity index (χ1) is 11.8. The molecule has 7 heteroatoms. The first-order valence-corrected chi connectivity index (χ1v) is 7.98. The van der Waals surface area contributed by atoms with Gasteiger partial charge in [0.15, 0.2) is 5.54 Å². The molecule has 25 heavy (non-hydrogen) atoms. The van der Waals surface area contributed by atoms with Gasteiger partial charge in [-0.3, -0.25) is 4.79 Å². The smallest absolute Gasteiger partial charge is 0.333 e. The molecule has 0 N–H and O–H groups in total. The first kappa shape index (κ1) is 17.3. The van der Waals surface area contributed by atoms with Crippen LogP contribution in [0.2, 0.25) is 0 Å². The van der Waals surface area contributed by atoms with Crippen LogP contribution in [0.1, 0.15) is 38.3 Å². The summed E-state index contributed by atoms with van der Waals surface area (Å²) in [5, 5.41) is 4.37. The molecule has 132 valence electrons. The number of benzene rings is 1. The molecule has 1 heterocycles. The van der Waals surface area contributed by atoms with Gasteiger partial charge < -0.3 is 4.74 Å². The summed E-state index contributed by atoms with van der Waals surface area (Å²) in [5.74, 6) is -2.10. The van der Waals surface area contributed by atoms with E-state index < -0.39 is 28.7 Å². The number of hydrogen-bond acceptors (Lipinski definition) is 4. The molecule has 1 fully saturated rings. The van der Waals surface area contributed by atoms with Crippen LogP contribution in [-0.2, 0) is 15.1 Å². The van der Waals surface area contributed by atoms with Gasteiger partial charge in [-0.15, -0.1) is 0 Å². The molecule has 0 bridgehead atoms. The third kappa shape index (κ3) is 2.94. The Hall–Kier alpha value is -2.57. The lowest BCUT2D eigenvalue weighted by molar-refractivity contribution is -0.146. The molecule has 1 aliphatic carbocycles. The normalized spacial score (nSPS) is 15.3. The topological polar surface area (TPSA) is 61.2 Å². The molecule has 5 nitrogen and oxygen atoms in total. The molecule has 1 aromatic heterocycles. The van der Waals surface area contributed by atoms with Gasteiger partial charge in [0, 0.05) is 17.7 Å². The second-order valence-corrected chi connectivity index (χ2v) is 6.53. The Morgan fingerprint density at radius 2 is 1.80 bits per heavy atom. The van der Waals surface area contributed by atoms with E-state index in [4.69, 9.17) is 4.74 Å². The third-order valence-electron chi connectivity index (χ3n) is 4.38. The molecule has 3 rings (SSSR count). The Morgan fingerprint density at radius 1 is 1.20 bits per heavy atom. The second kappa shape index (κ2) is 6.06. The van der Waals surface area contributed by atoms with Crippen molar-refractivity contribution in [1.82, 2.24) is 9.78 Å². The molecular weight excluding hydrogens is 330 g/mol. The fraction of sp³-hybridized carbons (Fsp3) is 0.389. The molecule has 0 saturated heterocycles. The lowest BCUT2D eigenvalue weighted by Gasteiger charge is -2.19. The van der Waals surface area contributed by atoms with Gasteiger partial charge in [0.05, 0.1) is 12.8 Å². The maximum Gasteiger partial charge on any atom is 0.333 e. The predicted octanol–water partition coefficient (Wildman–Crippen LogP) is 2.97. The molecule has 0 radical (unpaired) electrons. The van der Waals surface area contributed by atoms with Crippen molar-refractivity contribution in [3.05, 3.63) is 51.9 Å². The number of carbonyl (C=O) groups excluding carboxylic acids is 1. The second-order valence-electron chi connectivity index (χ2n) is 6.53. The lowest BCUT2D eigenvalue weighted by Crippen LogP contribution is -2.39. The van der Waals surface area contributed by atoms with Crippen LogP contribution in [0.15, 0.2) is 29.1 Å². The van der Waals surface area contributed by atoms with Gasteiger partial charge in [0.1, 0.15) is 11.6 Å². The molecule has 1 saturated carbocycles. The average molecular weight is 348 g/mol. The Morgan fingerprint density at radius 3 is 2.28 bits per heavy atom. The van der Waals surface area contributed by atoms with Crippen LogP contribution in [0.4, 0.5) is 8.78 Å². The summed E-state index contributed by atoms with van der Waals surface area (Å²) >= 11 is 0. The maximum absolute atomic E-state index is 13.6. The van der Waals surface area contributed by atoms with Crippen molar-refractivity contribution in [2.45, 2.75) is 38.1 Å². The SMILES string of the molecule is COC(=O)C1(n2nc(C(C)C)c(-c3cc(F)cc(F)c3)cc2=O)CC1. The highest BCUT2D eigenvalue weighted by atomic mass is 19.1. The fourth-order valence-electron chi connectivity index (χ4n) is 2.95. The minimum atomic E-state index is -1.07. The quantitative estimate of drug-likeness (QED) is 0.797. The summed E-state index contributed by atoms with van der Waals surface area (Å²) in [7, 11) is 1.26. The molecule has 0 aliphatic heterocycles. The van der Waals surface area contributed by atoms with Gasteiger partial charge in [-0.1, -0.05) is 13.8 Å². The van der Waals surface area contributed by atoms with E-state index in [1.54, 1.807) is 0 Å². The van der Waals surface area contributed by atoms with Gasteiger partial charge in [0.2, 0.25) is 0 Å². The zero-order chi connectivity index (χ0) is 18.4.